The molecule has 0 saturated carbocycles. The molecule has 1 rings (SSSR count). The van der Waals surface area contributed by atoms with Gasteiger partial charge in [-0.15, -0.1) is 11.6 Å². The van der Waals surface area contributed by atoms with E-state index in [1.807, 2.05) is 0 Å². The van der Waals surface area contributed by atoms with Crippen LogP contribution in [0.25, 0.3) is 0 Å². The van der Waals surface area contributed by atoms with Crippen molar-refractivity contribution in [1.29, 1.82) is 0 Å². The number of amides is 1. The molecule has 1 aromatic carbocycles. The Hall–Kier alpha value is -1.55. The van der Waals surface area contributed by atoms with Crippen molar-refractivity contribution in [2.24, 2.45) is 5.10 Å². The van der Waals surface area contributed by atoms with Crippen molar-refractivity contribution >= 4 is 23.7 Å². The number of nitrogens with one attached hydrogen (secondary N) is 1. The lowest BCUT2D eigenvalue weighted by Crippen LogP contribution is -2.18. The molecule has 0 aliphatic carbocycles. The first-order valence-corrected chi connectivity index (χ1v) is 4.42. The van der Waals surface area contributed by atoms with Gasteiger partial charge in [0.15, 0.2) is 0 Å². The number of phenols is 1. The average molecular weight is 213 g/mol. The summed E-state index contributed by atoms with van der Waals surface area (Å²) >= 11 is 5.24. The molecule has 0 aromatic heterocycles. The standard InChI is InChI=1S/C9H9ClN2O2/c10-5-9(14)12-11-6-7-1-3-8(13)4-2-7/h1-4,6,13H,5H2,(H,12,14)/b11-6+. The van der Waals surface area contributed by atoms with Crippen LogP contribution in [0.2, 0.25) is 0 Å². The maximum absolute atomic E-state index is 10.7. The van der Waals surface area contributed by atoms with Gasteiger partial charge in [-0.2, -0.15) is 5.10 Å². The Morgan fingerprint density at radius 3 is 2.71 bits per heavy atom. The number of hydrazone groups is 1. The van der Waals surface area contributed by atoms with Gasteiger partial charge in [0.1, 0.15) is 11.6 Å². The molecule has 1 amide bonds. The number of nitrogens with zero attached hydrogens (tertiary/aromatic N) is 1. The fourth-order valence-electron chi connectivity index (χ4n) is 0.769. The van der Waals surface area contributed by atoms with Crippen LogP contribution < -0.4 is 5.43 Å². The maximum atomic E-state index is 10.7. The number of aromatic hydroxyl groups is 1. The topological polar surface area (TPSA) is 61.7 Å². The Balaban J connectivity index is 2.52. The molecule has 0 fully saturated rings. The van der Waals surface area contributed by atoms with E-state index in [0.29, 0.717) is 0 Å². The molecule has 0 radical (unpaired) electrons. The van der Waals surface area contributed by atoms with Crippen LogP contribution in [0.1, 0.15) is 5.56 Å². The Morgan fingerprint density at radius 1 is 1.50 bits per heavy atom. The minimum Gasteiger partial charge on any atom is -0.508 e. The zero-order valence-corrected chi connectivity index (χ0v) is 8.03. The zero-order chi connectivity index (χ0) is 10.4. The first-order chi connectivity index (χ1) is 6.72. The van der Waals surface area contributed by atoms with Crippen LogP contribution in [0.5, 0.6) is 5.75 Å². The van der Waals surface area contributed by atoms with Crippen LogP contribution in [0.4, 0.5) is 0 Å². The van der Waals surface area contributed by atoms with Gasteiger partial charge in [0, 0.05) is 0 Å². The molecule has 0 saturated heterocycles. The Morgan fingerprint density at radius 2 is 2.14 bits per heavy atom. The van der Waals surface area contributed by atoms with Crippen LogP contribution in [0.3, 0.4) is 0 Å². The van der Waals surface area contributed by atoms with E-state index in [0.717, 1.165) is 5.56 Å². The molecule has 2 N–H and O–H groups in total. The molecule has 0 spiro atoms. The SMILES string of the molecule is O=C(CCl)N/N=C/c1ccc(O)cc1. The first kappa shape index (κ1) is 10.5. The second kappa shape index (κ2) is 5.24. The molecule has 0 aliphatic heterocycles. The highest BCUT2D eigenvalue weighted by atomic mass is 35.5. The van der Waals surface area contributed by atoms with Gasteiger partial charge in [-0.1, -0.05) is 0 Å². The van der Waals surface area contributed by atoms with Crippen LogP contribution in [-0.4, -0.2) is 23.1 Å². The van der Waals surface area contributed by atoms with Gasteiger partial charge in [-0.25, -0.2) is 5.43 Å². The van der Waals surface area contributed by atoms with E-state index in [1.165, 1.54) is 18.3 Å². The van der Waals surface area contributed by atoms with Crippen molar-refractivity contribution in [3.63, 3.8) is 0 Å². The summed E-state index contributed by atoms with van der Waals surface area (Å²) in [5, 5.41) is 12.6. The summed E-state index contributed by atoms with van der Waals surface area (Å²) in [4.78, 5) is 10.7. The van der Waals surface area contributed by atoms with Gasteiger partial charge in [0.25, 0.3) is 5.91 Å². The minimum absolute atomic E-state index is 0.118. The van der Waals surface area contributed by atoms with Crippen LogP contribution >= 0.6 is 11.6 Å². The second-order valence-corrected chi connectivity index (χ2v) is 2.79. The summed E-state index contributed by atoms with van der Waals surface area (Å²) < 4.78 is 0. The number of rotatable bonds is 3. The monoisotopic (exact) mass is 212 g/mol. The normalized spacial score (nSPS) is 10.4. The van der Waals surface area contributed by atoms with Crippen molar-refractivity contribution in [2.45, 2.75) is 0 Å². The zero-order valence-electron chi connectivity index (χ0n) is 7.27. The van der Waals surface area contributed by atoms with Crippen molar-refractivity contribution < 1.29 is 9.90 Å². The molecule has 0 atom stereocenters. The van der Waals surface area contributed by atoms with Crippen LogP contribution in [-0.2, 0) is 4.79 Å². The molecule has 74 valence electrons. The van der Waals surface area contributed by atoms with E-state index >= 15 is 0 Å². The van der Waals surface area contributed by atoms with Crippen LogP contribution in [0.15, 0.2) is 29.4 Å². The predicted molar refractivity (Wildman–Crippen MR) is 54.6 cm³/mol. The molecule has 0 unspecified atom stereocenters. The fourth-order valence-corrected chi connectivity index (χ4v) is 0.829. The molecule has 0 heterocycles. The Bertz CT molecular complexity index is 335. The second-order valence-electron chi connectivity index (χ2n) is 2.52. The van der Waals surface area contributed by atoms with Crippen molar-refractivity contribution in [1.82, 2.24) is 5.43 Å². The number of benzene rings is 1. The number of carbonyl (C=O) groups is 1. The van der Waals surface area contributed by atoms with E-state index in [4.69, 9.17) is 16.7 Å². The highest BCUT2D eigenvalue weighted by Crippen LogP contribution is 2.07. The van der Waals surface area contributed by atoms with E-state index < -0.39 is 0 Å². The van der Waals surface area contributed by atoms with E-state index in [-0.39, 0.29) is 17.5 Å². The Labute approximate surface area is 86.2 Å². The van der Waals surface area contributed by atoms with E-state index in [2.05, 4.69) is 10.5 Å². The molecule has 5 heteroatoms. The lowest BCUT2D eigenvalue weighted by atomic mass is 10.2. The smallest absolute Gasteiger partial charge is 0.254 e. The fraction of sp³-hybridized carbons (Fsp3) is 0.111. The van der Waals surface area contributed by atoms with Crippen molar-refractivity contribution in [3.05, 3.63) is 29.8 Å². The molecule has 0 bridgehead atoms. The Kier molecular flexibility index (Phi) is 3.94. The molecule has 14 heavy (non-hydrogen) atoms. The van der Waals surface area contributed by atoms with Gasteiger partial charge >= 0.3 is 0 Å². The minimum atomic E-state index is -0.360. The molecule has 1 aromatic rings. The summed E-state index contributed by atoms with van der Waals surface area (Å²) in [6, 6.07) is 6.41. The third-order valence-corrected chi connectivity index (χ3v) is 1.66. The maximum Gasteiger partial charge on any atom is 0.254 e. The average Bonchev–Trinajstić information content (AvgIpc) is 2.21. The summed E-state index contributed by atoms with van der Waals surface area (Å²) in [7, 11) is 0. The summed E-state index contributed by atoms with van der Waals surface area (Å²) in [5.74, 6) is -0.291. The molecule has 0 aliphatic rings. The van der Waals surface area contributed by atoms with Gasteiger partial charge in [-0.05, 0) is 29.8 Å². The van der Waals surface area contributed by atoms with Crippen molar-refractivity contribution in [3.8, 4) is 5.75 Å². The third kappa shape index (κ3) is 3.45. The summed E-state index contributed by atoms with van der Waals surface area (Å²) in [6.45, 7) is 0. The number of hydrogen-bond donors (Lipinski definition) is 2. The number of hydrogen-bond acceptors (Lipinski definition) is 3. The van der Waals surface area contributed by atoms with Gasteiger partial charge in [-0.3, -0.25) is 4.79 Å². The van der Waals surface area contributed by atoms with Gasteiger partial charge in [0.2, 0.25) is 0 Å². The quantitative estimate of drug-likeness (QED) is 0.448. The van der Waals surface area contributed by atoms with Gasteiger partial charge in [0.05, 0.1) is 6.21 Å². The number of carbonyl (C=O) groups excluding carboxylic acids is 1. The first-order valence-electron chi connectivity index (χ1n) is 3.89. The van der Waals surface area contributed by atoms with Crippen LogP contribution in [0, 0.1) is 0 Å². The highest BCUT2D eigenvalue weighted by molar-refractivity contribution is 6.27. The van der Waals surface area contributed by atoms with Crippen molar-refractivity contribution in [2.75, 3.05) is 5.88 Å². The molecular formula is C9H9ClN2O2. The third-order valence-electron chi connectivity index (χ3n) is 1.42. The number of halogens is 1. The van der Waals surface area contributed by atoms with E-state index in [1.54, 1.807) is 12.1 Å². The number of alkyl halides is 1. The van der Waals surface area contributed by atoms with Gasteiger partial charge < -0.3 is 5.11 Å². The lowest BCUT2D eigenvalue weighted by Gasteiger charge is -1.94. The summed E-state index contributed by atoms with van der Waals surface area (Å²) in [6.07, 6.45) is 1.46. The predicted octanol–water partition coefficient (Wildman–Crippen LogP) is 1.08. The highest BCUT2D eigenvalue weighted by Gasteiger charge is 1.93. The molecule has 4 nitrogen and oxygen atoms in total. The summed E-state index contributed by atoms with van der Waals surface area (Å²) in [5.41, 5.74) is 3.01. The molecular weight excluding hydrogens is 204 g/mol. The lowest BCUT2D eigenvalue weighted by molar-refractivity contribution is -0.118. The van der Waals surface area contributed by atoms with E-state index in [9.17, 15) is 4.79 Å². The number of phenolic OH excluding ortho intramolecular Hbond substituents is 1. The largest absolute Gasteiger partial charge is 0.508 e.